The van der Waals surface area contributed by atoms with E-state index in [0.29, 0.717) is 19.1 Å². The predicted molar refractivity (Wildman–Crippen MR) is 59.5 cm³/mol. The number of carboxylic acids is 1. The van der Waals surface area contributed by atoms with Crippen molar-refractivity contribution >= 4 is 5.97 Å². The van der Waals surface area contributed by atoms with Crippen LogP contribution in [0.3, 0.4) is 0 Å². The van der Waals surface area contributed by atoms with Crippen molar-refractivity contribution in [1.29, 1.82) is 0 Å². The van der Waals surface area contributed by atoms with Gasteiger partial charge in [-0.1, -0.05) is 0 Å². The highest BCUT2D eigenvalue weighted by atomic mass is 16.5. The second-order valence-corrected chi connectivity index (χ2v) is 4.22. The van der Waals surface area contributed by atoms with E-state index in [-0.39, 0.29) is 12.6 Å². The van der Waals surface area contributed by atoms with Crippen LogP contribution in [0, 0.1) is 5.92 Å². The molecule has 94 valence electrons. The van der Waals surface area contributed by atoms with Gasteiger partial charge in [0.15, 0.2) is 0 Å². The first-order valence-electron chi connectivity index (χ1n) is 5.67. The Morgan fingerprint density at radius 3 is 2.94 bits per heavy atom. The van der Waals surface area contributed by atoms with Gasteiger partial charge in [0.1, 0.15) is 0 Å². The van der Waals surface area contributed by atoms with E-state index >= 15 is 0 Å². The Bertz CT molecular complexity index is 216. The number of nitrogens with zero attached hydrogens (tertiary/aromatic N) is 1. The number of carboxylic acid groups (broad SMARTS) is 1. The molecule has 5 heteroatoms. The Morgan fingerprint density at radius 1 is 1.69 bits per heavy atom. The number of carbonyl (C=O) groups is 1. The molecule has 0 bridgehead atoms. The lowest BCUT2D eigenvalue weighted by atomic mass is 9.99. The van der Waals surface area contributed by atoms with E-state index in [1.165, 1.54) is 0 Å². The summed E-state index contributed by atoms with van der Waals surface area (Å²) in [6, 6.07) is 0.230. The second kappa shape index (κ2) is 6.83. The van der Waals surface area contributed by atoms with Crippen LogP contribution in [0.2, 0.25) is 0 Å². The predicted octanol–water partition coefficient (Wildman–Crippen LogP) is 0.444. The summed E-state index contributed by atoms with van der Waals surface area (Å²) in [5, 5.41) is 8.86. The fraction of sp³-hybridized carbons (Fsp3) is 0.909. The van der Waals surface area contributed by atoms with Gasteiger partial charge in [0.2, 0.25) is 0 Å². The normalized spacial score (nSPS) is 22.6. The van der Waals surface area contributed by atoms with E-state index in [0.717, 1.165) is 19.6 Å². The Hall–Kier alpha value is -0.650. The van der Waals surface area contributed by atoms with Crippen LogP contribution in [0.4, 0.5) is 0 Å². The van der Waals surface area contributed by atoms with Crippen LogP contribution >= 0.6 is 0 Å². The van der Waals surface area contributed by atoms with Crippen LogP contribution < -0.4 is 0 Å². The molecule has 0 saturated carbocycles. The van der Waals surface area contributed by atoms with E-state index in [4.69, 9.17) is 14.6 Å². The lowest BCUT2D eigenvalue weighted by Gasteiger charge is -2.30. The lowest BCUT2D eigenvalue weighted by Crippen LogP contribution is -2.43. The standard InChI is InChI=1S/C11H21NO4/c1-9(10-3-5-16-8-10)12(4-6-15-2)7-11(13)14/h9-10H,3-8H2,1-2H3,(H,13,14). The summed E-state index contributed by atoms with van der Waals surface area (Å²) in [5.41, 5.74) is 0. The summed E-state index contributed by atoms with van der Waals surface area (Å²) in [4.78, 5) is 12.7. The molecule has 0 radical (unpaired) electrons. The van der Waals surface area contributed by atoms with Crippen molar-refractivity contribution in [2.75, 3.05) is 40.0 Å². The zero-order chi connectivity index (χ0) is 12.0. The van der Waals surface area contributed by atoms with Crippen LogP contribution in [0.15, 0.2) is 0 Å². The summed E-state index contributed by atoms with van der Waals surface area (Å²) >= 11 is 0. The lowest BCUT2D eigenvalue weighted by molar-refractivity contribution is -0.139. The third-order valence-electron chi connectivity index (χ3n) is 3.14. The summed E-state index contributed by atoms with van der Waals surface area (Å²) < 4.78 is 10.3. The maximum atomic E-state index is 10.8. The van der Waals surface area contributed by atoms with Gasteiger partial charge in [-0.05, 0) is 19.3 Å². The monoisotopic (exact) mass is 231 g/mol. The molecule has 0 amide bonds. The number of hydrogen-bond donors (Lipinski definition) is 1. The van der Waals surface area contributed by atoms with Crippen molar-refractivity contribution in [1.82, 2.24) is 4.90 Å². The topological polar surface area (TPSA) is 59.0 Å². The smallest absolute Gasteiger partial charge is 0.317 e. The fourth-order valence-electron chi connectivity index (χ4n) is 2.04. The van der Waals surface area contributed by atoms with Gasteiger partial charge in [-0.2, -0.15) is 0 Å². The summed E-state index contributed by atoms with van der Waals surface area (Å²) in [6.07, 6.45) is 1.02. The average Bonchev–Trinajstić information content (AvgIpc) is 2.76. The maximum absolute atomic E-state index is 10.8. The highest BCUT2D eigenvalue weighted by Crippen LogP contribution is 2.20. The highest BCUT2D eigenvalue weighted by Gasteiger charge is 2.27. The molecule has 0 spiro atoms. The van der Waals surface area contributed by atoms with Crippen LogP contribution in [0.1, 0.15) is 13.3 Å². The molecule has 1 saturated heterocycles. The molecule has 1 N–H and O–H groups in total. The fourth-order valence-corrected chi connectivity index (χ4v) is 2.04. The molecule has 2 unspecified atom stereocenters. The van der Waals surface area contributed by atoms with E-state index < -0.39 is 5.97 Å². The first-order valence-corrected chi connectivity index (χ1v) is 5.67. The first kappa shape index (κ1) is 13.4. The van der Waals surface area contributed by atoms with Crippen molar-refractivity contribution in [2.24, 2.45) is 5.92 Å². The number of ether oxygens (including phenoxy) is 2. The largest absolute Gasteiger partial charge is 0.480 e. The van der Waals surface area contributed by atoms with E-state index in [2.05, 4.69) is 6.92 Å². The van der Waals surface area contributed by atoms with Crippen molar-refractivity contribution in [3.63, 3.8) is 0 Å². The first-order chi connectivity index (χ1) is 7.65. The summed E-state index contributed by atoms with van der Waals surface area (Å²) in [6.45, 7) is 4.88. The van der Waals surface area contributed by atoms with Crippen LogP contribution in [-0.2, 0) is 14.3 Å². The molecule has 2 atom stereocenters. The Labute approximate surface area is 96.3 Å². The molecule has 1 heterocycles. The third kappa shape index (κ3) is 4.08. The molecule has 1 rings (SSSR count). The highest BCUT2D eigenvalue weighted by molar-refractivity contribution is 5.69. The van der Waals surface area contributed by atoms with Crippen LogP contribution in [0.25, 0.3) is 0 Å². The van der Waals surface area contributed by atoms with Gasteiger partial charge in [-0.15, -0.1) is 0 Å². The Morgan fingerprint density at radius 2 is 2.44 bits per heavy atom. The molecule has 0 aromatic heterocycles. The van der Waals surface area contributed by atoms with Gasteiger partial charge in [0.25, 0.3) is 0 Å². The molecular formula is C11H21NO4. The SMILES string of the molecule is COCCN(CC(=O)O)C(C)C1CCOC1. The van der Waals surface area contributed by atoms with E-state index in [1.807, 2.05) is 4.90 Å². The van der Waals surface area contributed by atoms with Crippen LogP contribution in [-0.4, -0.2) is 62.0 Å². The van der Waals surface area contributed by atoms with Crippen molar-refractivity contribution < 1.29 is 19.4 Å². The molecule has 1 aliphatic heterocycles. The average molecular weight is 231 g/mol. The minimum Gasteiger partial charge on any atom is -0.480 e. The van der Waals surface area contributed by atoms with Gasteiger partial charge < -0.3 is 14.6 Å². The van der Waals surface area contributed by atoms with Crippen molar-refractivity contribution in [3.05, 3.63) is 0 Å². The maximum Gasteiger partial charge on any atom is 0.317 e. The number of rotatable bonds is 7. The minimum atomic E-state index is -0.790. The van der Waals surface area contributed by atoms with Crippen molar-refractivity contribution in [3.8, 4) is 0 Å². The van der Waals surface area contributed by atoms with Gasteiger partial charge in [0.05, 0.1) is 19.8 Å². The van der Waals surface area contributed by atoms with E-state index in [9.17, 15) is 4.79 Å². The third-order valence-corrected chi connectivity index (χ3v) is 3.14. The molecule has 16 heavy (non-hydrogen) atoms. The molecule has 0 aliphatic carbocycles. The van der Waals surface area contributed by atoms with Gasteiger partial charge in [-0.25, -0.2) is 0 Å². The summed E-state index contributed by atoms with van der Waals surface area (Å²) in [7, 11) is 1.63. The molecule has 1 fully saturated rings. The zero-order valence-electron chi connectivity index (χ0n) is 10.0. The number of methoxy groups -OCH3 is 1. The molecule has 0 aromatic carbocycles. The van der Waals surface area contributed by atoms with Crippen molar-refractivity contribution in [2.45, 2.75) is 19.4 Å². The molecule has 0 aromatic rings. The minimum absolute atomic E-state index is 0.0705. The summed E-state index contributed by atoms with van der Waals surface area (Å²) in [5.74, 6) is -0.349. The Balaban J connectivity index is 2.47. The molecule has 1 aliphatic rings. The molecular weight excluding hydrogens is 210 g/mol. The quantitative estimate of drug-likeness (QED) is 0.689. The molecule has 5 nitrogen and oxygen atoms in total. The number of aliphatic carboxylic acids is 1. The second-order valence-electron chi connectivity index (χ2n) is 4.22. The van der Waals surface area contributed by atoms with E-state index in [1.54, 1.807) is 7.11 Å². The van der Waals surface area contributed by atoms with Gasteiger partial charge >= 0.3 is 5.97 Å². The van der Waals surface area contributed by atoms with Gasteiger partial charge in [0, 0.05) is 26.3 Å². The Kier molecular flexibility index (Phi) is 5.73. The van der Waals surface area contributed by atoms with Crippen LogP contribution in [0.5, 0.6) is 0 Å². The van der Waals surface area contributed by atoms with Gasteiger partial charge in [-0.3, -0.25) is 9.69 Å². The zero-order valence-corrected chi connectivity index (χ0v) is 10.0. The number of hydrogen-bond acceptors (Lipinski definition) is 4.